The summed E-state index contributed by atoms with van der Waals surface area (Å²) in [6.45, 7) is 1.61. The van der Waals surface area contributed by atoms with E-state index in [4.69, 9.17) is 9.84 Å². The van der Waals surface area contributed by atoms with Crippen LogP contribution >= 0.6 is 0 Å². The zero-order valence-corrected chi connectivity index (χ0v) is 8.29. The van der Waals surface area contributed by atoms with Crippen LogP contribution in [0.3, 0.4) is 0 Å². The zero-order valence-electron chi connectivity index (χ0n) is 8.29. The second-order valence-corrected chi connectivity index (χ2v) is 4.06. The Morgan fingerprint density at radius 3 is 3.00 bits per heavy atom. The average Bonchev–Trinajstić information content (AvgIpc) is 2.17. The van der Waals surface area contributed by atoms with Gasteiger partial charge in [0, 0.05) is 0 Å². The van der Waals surface area contributed by atoms with Gasteiger partial charge in [0.2, 0.25) is 0 Å². The normalized spacial score (nSPS) is 24.1. The number of carboxylic acids is 1. The maximum Gasteiger partial charge on any atom is 0.313 e. The SMILES string of the molecule is CC1(C(=O)O)COc2c(F)cccc2C1. The summed E-state index contributed by atoms with van der Waals surface area (Å²) in [6.07, 6.45) is 0.301. The van der Waals surface area contributed by atoms with Crippen LogP contribution in [0.1, 0.15) is 12.5 Å². The van der Waals surface area contributed by atoms with Crippen molar-refractivity contribution in [2.75, 3.05) is 6.61 Å². The molecule has 15 heavy (non-hydrogen) atoms. The Balaban J connectivity index is 2.39. The summed E-state index contributed by atoms with van der Waals surface area (Å²) in [5, 5.41) is 9.02. The number of halogens is 1. The molecule has 80 valence electrons. The Kier molecular flexibility index (Phi) is 2.14. The predicted molar refractivity (Wildman–Crippen MR) is 51.3 cm³/mol. The van der Waals surface area contributed by atoms with Crippen LogP contribution in [0.2, 0.25) is 0 Å². The average molecular weight is 210 g/mol. The molecule has 0 amide bonds. The molecule has 1 aromatic carbocycles. The van der Waals surface area contributed by atoms with Crippen molar-refractivity contribution in [1.82, 2.24) is 0 Å². The number of rotatable bonds is 1. The number of hydrogen-bond donors (Lipinski definition) is 1. The molecule has 0 aromatic heterocycles. The van der Waals surface area contributed by atoms with E-state index in [2.05, 4.69) is 0 Å². The third-order valence-electron chi connectivity index (χ3n) is 2.68. The Labute approximate surface area is 86.5 Å². The molecule has 0 fully saturated rings. The van der Waals surface area contributed by atoms with Crippen molar-refractivity contribution in [3.8, 4) is 5.75 Å². The van der Waals surface area contributed by atoms with Crippen molar-refractivity contribution in [1.29, 1.82) is 0 Å². The van der Waals surface area contributed by atoms with Gasteiger partial charge in [-0.2, -0.15) is 0 Å². The van der Waals surface area contributed by atoms with Crippen molar-refractivity contribution >= 4 is 5.97 Å². The van der Waals surface area contributed by atoms with Crippen LogP contribution in [-0.2, 0) is 11.2 Å². The van der Waals surface area contributed by atoms with E-state index in [1.54, 1.807) is 19.1 Å². The Morgan fingerprint density at radius 1 is 1.60 bits per heavy atom. The van der Waals surface area contributed by atoms with E-state index >= 15 is 0 Å². The lowest BCUT2D eigenvalue weighted by atomic mass is 9.82. The van der Waals surface area contributed by atoms with Gasteiger partial charge in [-0.25, -0.2) is 4.39 Å². The number of carbonyl (C=O) groups is 1. The smallest absolute Gasteiger partial charge is 0.313 e. The van der Waals surface area contributed by atoms with Crippen LogP contribution in [0.15, 0.2) is 18.2 Å². The highest BCUT2D eigenvalue weighted by Gasteiger charge is 2.39. The van der Waals surface area contributed by atoms with Gasteiger partial charge in [-0.05, 0) is 25.0 Å². The lowest BCUT2D eigenvalue weighted by Crippen LogP contribution is -2.39. The maximum atomic E-state index is 13.3. The highest BCUT2D eigenvalue weighted by molar-refractivity contribution is 5.75. The molecule has 0 saturated carbocycles. The second kappa shape index (κ2) is 3.22. The first-order valence-electron chi connectivity index (χ1n) is 4.66. The molecule has 0 radical (unpaired) electrons. The van der Waals surface area contributed by atoms with E-state index in [1.807, 2.05) is 0 Å². The van der Waals surface area contributed by atoms with Gasteiger partial charge in [-0.3, -0.25) is 4.79 Å². The third kappa shape index (κ3) is 1.56. The van der Waals surface area contributed by atoms with Crippen molar-refractivity contribution in [3.63, 3.8) is 0 Å². The van der Waals surface area contributed by atoms with Crippen LogP contribution in [0.4, 0.5) is 4.39 Å². The first kappa shape index (κ1) is 9.96. The van der Waals surface area contributed by atoms with Crippen LogP contribution in [0, 0.1) is 11.2 Å². The Morgan fingerprint density at radius 2 is 2.33 bits per heavy atom. The lowest BCUT2D eigenvalue weighted by Gasteiger charge is -2.31. The predicted octanol–water partition coefficient (Wildman–Crippen LogP) is 1.85. The topological polar surface area (TPSA) is 46.5 Å². The van der Waals surface area contributed by atoms with Crippen molar-refractivity contribution in [2.24, 2.45) is 5.41 Å². The van der Waals surface area contributed by atoms with Gasteiger partial charge in [0.05, 0.1) is 0 Å². The molecule has 1 unspecified atom stereocenters. The minimum atomic E-state index is -0.958. The summed E-state index contributed by atoms with van der Waals surface area (Å²) in [7, 11) is 0. The number of hydrogen-bond acceptors (Lipinski definition) is 2. The molecule has 0 bridgehead atoms. The van der Waals surface area contributed by atoms with Crippen LogP contribution in [0.5, 0.6) is 5.75 Å². The molecule has 0 aliphatic carbocycles. The van der Waals surface area contributed by atoms with Crippen molar-refractivity contribution in [3.05, 3.63) is 29.6 Å². The highest BCUT2D eigenvalue weighted by Crippen LogP contribution is 2.35. The number of ether oxygens (including phenoxy) is 1. The molecule has 0 spiro atoms. The van der Waals surface area contributed by atoms with Gasteiger partial charge < -0.3 is 9.84 Å². The molecule has 1 N–H and O–H groups in total. The number of benzene rings is 1. The van der Waals surface area contributed by atoms with Crippen molar-refractivity contribution < 1.29 is 19.0 Å². The fourth-order valence-electron chi connectivity index (χ4n) is 1.69. The van der Waals surface area contributed by atoms with Gasteiger partial charge in [-0.15, -0.1) is 0 Å². The third-order valence-corrected chi connectivity index (χ3v) is 2.68. The number of para-hydroxylation sites is 1. The molecular formula is C11H11FO3. The number of carboxylic acid groups (broad SMARTS) is 1. The summed E-state index contributed by atoms with van der Waals surface area (Å²) in [5.74, 6) is -1.16. The summed E-state index contributed by atoms with van der Waals surface area (Å²) >= 11 is 0. The number of aliphatic carboxylic acids is 1. The highest BCUT2D eigenvalue weighted by atomic mass is 19.1. The van der Waals surface area contributed by atoms with Crippen LogP contribution in [-0.4, -0.2) is 17.7 Å². The number of fused-ring (bicyclic) bond motifs is 1. The summed E-state index contributed by atoms with van der Waals surface area (Å²) in [4.78, 5) is 11.0. The summed E-state index contributed by atoms with van der Waals surface area (Å²) in [5.41, 5.74) is -0.341. The second-order valence-electron chi connectivity index (χ2n) is 4.06. The molecule has 0 saturated heterocycles. The minimum Gasteiger partial charge on any atom is -0.489 e. The molecule has 4 heteroatoms. The van der Waals surface area contributed by atoms with Gasteiger partial charge in [0.1, 0.15) is 12.0 Å². The van der Waals surface area contributed by atoms with Crippen molar-refractivity contribution in [2.45, 2.75) is 13.3 Å². The summed E-state index contributed by atoms with van der Waals surface area (Å²) < 4.78 is 18.4. The van der Waals surface area contributed by atoms with Gasteiger partial charge in [0.15, 0.2) is 11.6 Å². The van der Waals surface area contributed by atoms with E-state index in [-0.39, 0.29) is 12.4 Å². The van der Waals surface area contributed by atoms with Gasteiger partial charge >= 0.3 is 5.97 Å². The molecule has 1 aliphatic heterocycles. The Hall–Kier alpha value is -1.58. The fourth-order valence-corrected chi connectivity index (χ4v) is 1.69. The van der Waals surface area contributed by atoms with E-state index in [0.717, 1.165) is 0 Å². The zero-order chi connectivity index (χ0) is 11.1. The fraction of sp³-hybridized carbons (Fsp3) is 0.364. The molecule has 1 atom stereocenters. The molecule has 1 aromatic rings. The molecule has 1 aliphatic rings. The van der Waals surface area contributed by atoms with Gasteiger partial charge in [-0.1, -0.05) is 12.1 Å². The monoisotopic (exact) mass is 210 g/mol. The lowest BCUT2D eigenvalue weighted by molar-refractivity contribution is -0.150. The van der Waals surface area contributed by atoms with Gasteiger partial charge in [0.25, 0.3) is 0 Å². The van der Waals surface area contributed by atoms with E-state index in [9.17, 15) is 9.18 Å². The summed E-state index contributed by atoms with van der Waals surface area (Å²) in [6, 6.07) is 4.56. The molecular weight excluding hydrogens is 199 g/mol. The quantitative estimate of drug-likeness (QED) is 0.769. The minimum absolute atomic E-state index is 0.0102. The molecule has 2 rings (SSSR count). The maximum absolute atomic E-state index is 13.3. The van der Waals surface area contributed by atoms with Crippen LogP contribution in [0.25, 0.3) is 0 Å². The first-order chi connectivity index (χ1) is 7.03. The first-order valence-corrected chi connectivity index (χ1v) is 4.66. The van der Waals surface area contributed by atoms with E-state index in [0.29, 0.717) is 12.0 Å². The Bertz CT molecular complexity index is 416. The molecule has 1 heterocycles. The largest absolute Gasteiger partial charge is 0.489 e. The van der Waals surface area contributed by atoms with E-state index in [1.165, 1.54) is 6.07 Å². The standard InChI is InChI=1S/C11H11FO3/c1-11(10(13)14)5-7-3-2-4-8(12)9(7)15-6-11/h2-4H,5-6H2,1H3,(H,13,14). The molecule has 3 nitrogen and oxygen atoms in total. The van der Waals surface area contributed by atoms with E-state index < -0.39 is 17.2 Å². The van der Waals surface area contributed by atoms with Crippen LogP contribution < -0.4 is 4.74 Å².